The molecule has 0 aromatic heterocycles. The van der Waals surface area contributed by atoms with Gasteiger partial charge < -0.3 is 20.5 Å². The molecule has 6 heteroatoms. The van der Waals surface area contributed by atoms with Gasteiger partial charge in [-0.15, -0.1) is 0 Å². The van der Waals surface area contributed by atoms with E-state index >= 15 is 0 Å². The summed E-state index contributed by atoms with van der Waals surface area (Å²) in [7, 11) is 0. The van der Waals surface area contributed by atoms with Gasteiger partial charge >= 0.3 is 6.03 Å². The van der Waals surface area contributed by atoms with Crippen LogP contribution in [0.3, 0.4) is 0 Å². The van der Waals surface area contributed by atoms with Crippen LogP contribution in [0.15, 0.2) is 24.3 Å². The summed E-state index contributed by atoms with van der Waals surface area (Å²) >= 11 is 0. The number of hydrogen-bond donors (Lipinski definition) is 3. The Morgan fingerprint density at radius 3 is 2.64 bits per heavy atom. The number of benzene rings is 1. The first-order valence-electron chi connectivity index (χ1n) is 7.74. The van der Waals surface area contributed by atoms with Crippen LogP contribution in [0.5, 0.6) is 5.75 Å². The van der Waals surface area contributed by atoms with E-state index in [9.17, 15) is 14.3 Å². The van der Waals surface area contributed by atoms with Crippen LogP contribution in [0.25, 0.3) is 0 Å². The van der Waals surface area contributed by atoms with Gasteiger partial charge in [0.05, 0.1) is 0 Å². The zero-order chi connectivity index (χ0) is 15.8. The Hall–Kier alpha value is -1.82. The Balaban J connectivity index is 1.61. The molecule has 0 heterocycles. The number of nitrogens with one attached hydrogen (secondary N) is 2. The number of aliphatic hydroxyl groups is 1. The number of urea groups is 1. The molecule has 1 aromatic rings. The molecule has 1 atom stereocenters. The quantitative estimate of drug-likeness (QED) is 0.754. The van der Waals surface area contributed by atoms with Gasteiger partial charge in [0.2, 0.25) is 0 Å². The average molecular weight is 310 g/mol. The molecule has 1 fully saturated rings. The fourth-order valence-corrected chi connectivity index (χ4v) is 2.48. The summed E-state index contributed by atoms with van der Waals surface area (Å²) in [6.07, 6.45) is 4.76. The molecule has 122 valence electrons. The summed E-state index contributed by atoms with van der Waals surface area (Å²) < 4.78 is 18.0. The van der Waals surface area contributed by atoms with Gasteiger partial charge in [-0.05, 0) is 37.1 Å². The lowest BCUT2D eigenvalue weighted by atomic mass is 9.96. The fourth-order valence-electron chi connectivity index (χ4n) is 2.48. The maximum absolute atomic E-state index is 12.7. The molecular formula is C16H23FN2O3. The highest BCUT2D eigenvalue weighted by molar-refractivity contribution is 5.74. The van der Waals surface area contributed by atoms with Gasteiger partial charge in [-0.25, -0.2) is 9.18 Å². The zero-order valence-corrected chi connectivity index (χ0v) is 12.6. The van der Waals surface area contributed by atoms with Crippen LogP contribution in [0.2, 0.25) is 0 Å². The number of ether oxygens (including phenoxy) is 1. The van der Waals surface area contributed by atoms with E-state index in [0.29, 0.717) is 5.75 Å². The third kappa shape index (κ3) is 5.89. The van der Waals surface area contributed by atoms with Crippen LogP contribution >= 0.6 is 0 Å². The van der Waals surface area contributed by atoms with Crippen molar-refractivity contribution in [3.05, 3.63) is 30.1 Å². The number of rotatable bonds is 6. The molecule has 22 heavy (non-hydrogen) atoms. The third-order valence-electron chi connectivity index (χ3n) is 3.69. The summed E-state index contributed by atoms with van der Waals surface area (Å²) in [6.45, 7) is 0.148. The highest BCUT2D eigenvalue weighted by Gasteiger charge is 2.16. The number of amides is 2. The van der Waals surface area contributed by atoms with Gasteiger partial charge in [-0.1, -0.05) is 19.3 Å². The largest absolute Gasteiger partial charge is 0.491 e. The smallest absolute Gasteiger partial charge is 0.315 e. The Bertz CT molecular complexity index is 461. The van der Waals surface area contributed by atoms with Crippen molar-refractivity contribution in [3.8, 4) is 5.75 Å². The van der Waals surface area contributed by atoms with Crippen LogP contribution in [0.1, 0.15) is 32.1 Å². The molecule has 1 aliphatic carbocycles. The number of hydrogen-bond acceptors (Lipinski definition) is 3. The second-order valence-electron chi connectivity index (χ2n) is 5.61. The summed E-state index contributed by atoms with van der Waals surface area (Å²) in [4.78, 5) is 11.7. The highest BCUT2D eigenvalue weighted by atomic mass is 19.1. The van der Waals surface area contributed by atoms with E-state index < -0.39 is 6.10 Å². The second kappa shape index (κ2) is 8.58. The standard InChI is InChI=1S/C16H23FN2O3/c17-12-6-8-15(9-7-12)22-11-14(20)10-18-16(21)19-13-4-2-1-3-5-13/h6-9,13-14,20H,1-5,10-11H2,(H2,18,19,21). The zero-order valence-electron chi connectivity index (χ0n) is 12.6. The molecule has 0 saturated heterocycles. The van der Waals surface area contributed by atoms with Gasteiger partial charge in [0, 0.05) is 12.6 Å². The van der Waals surface area contributed by atoms with Crippen molar-refractivity contribution in [2.75, 3.05) is 13.2 Å². The second-order valence-corrected chi connectivity index (χ2v) is 5.61. The summed E-state index contributed by atoms with van der Waals surface area (Å²) in [6, 6.07) is 5.54. The number of carbonyl (C=O) groups excluding carboxylic acids is 1. The van der Waals surface area contributed by atoms with E-state index in [1.165, 1.54) is 30.7 Å². The maximum atomic E-state index is 12.7. The van der Waals surface area contributed by atoms with Crippen molar-refractivity contribution in [1.82, 2.24) is 10.6 Å². The molecule has 0 radical (unpaired) electrons. The predicted molar refractivity (Wildman–Crippen MR) is 81.3 cm³/mol. The van der Waals surface area contributed by atoms with E-state index in [4.69, 9.17) is 4.74 Å². The van der Waals surface area contributed by atoms with Crippen LogP contribution < -0.4 is 15.4 Å². The topological polar surface area (TPSA) is 70.6 Å². The molecule has 3 N–H and O–H groups in total. The van der Waals surface area contributed by atoms with Gasteiger partial charge in [0.1, 0.15) is 24.3 Å². The molecule has 1 aromatic carbocycles. The van der Waals surface area contributed by atoms with Crippen molar-refractivity contribution < 1.29 is 19.0 Å². The normalized spacial score (nSPS) is 16.8. The van der Waals surface area contributed by atoms with Gasteiger partial charge in [0.25, 0.3) is 0 Å². The molecule has 1 unspecified atom stereocenters. The van der Waals surface area contributed by atoms with Crippen molar-refractivity contribution in [2.24, 2.45) is 0 Å². The molecule has 2 amide bonds. The first-order chi connectivity index (χ1) is 10.6. The lowest BCUT2D eigenvalue weighted by Crippen LogP contribution is -2.45. The lowest BCUT2D eigenvalue weighted by Gasteiger charge is -2.23. The summed E-state index contributed by atoms with van der Waals surface area (Å²) in [5.74, 6) is 0.140. The minimum Gasteiger partial charge on any atom is -0.491 e. The van der Waals surface area contributed by atoms with E-state index in [1.54, 1.807) is 0 Å². The van der Waals surface area contributed by atoms with E-state index in [2.05, 4.69) is 10.6 Å². The highest BCUT2D eigenvalue weighted by Crippen LogP contribution is 2.17. The van der Waals surface area contributed by atoms with Crippen molar-refractivity contribution in [1.29, 1.82) is 0 Å². The minimum atomic E-state index is -0.817. The van der Waals surface area contributed by atoms with Crippen LogP contribution in [0, 0.1) is 5.82 Å². The first kappa shape index (κ1) is 16.5. The van der Waals surface area contributed by atoms with Crippen LogP contribution in [-0.2, 0) is 0 Å². The number of carbonyl (C=O) groups is 1. The first-order valence-corrected chi connectivity index (χ1v) is 7.74. The molecule has 0 spiro atoms. The molecule has 5 nitrogen and oxygen atoms in total. The van der Waals surface area contributed by atoms with Crippen LogP contribution in [0.4, 0.5) is 9.18 Å². The van der Waals surface area contributed by atoms with Gasteiger partial charge in [0.15, 0.2) is 0 Å². The predicted octanol–water partition coefficient (Wildman–Crippen LogP) is 2.20. The Morgan fingerprint density at radius 1 is 1.27 bits per heavy atom. The van der Waals surface area contributed by atoms with Crippen molar-refractivity contribution >= 4 is 6.03 Å². The monoisotopic (exact) mass is 310 g/mol. The molecule has 0 aliphatic heterocycles. The Labute approximate surface area is 129 Å². The molecule has 1 aliphatic rings. The van der Waals surface area contributed by atoms with Gasteiger partial charge in [-0.2, -0.15) is 0 Å². The Morgan fingerprint density at radius 2 is 1.95 bits per heavy atom. The number of halogens is 1. The molecule has 0 bridgehead atoms. The molecule has 1 saturated carbocycles. The van der Waals surface area contributed by atoms with Crippen LogP contribution in [-0.4, -0.2) is 36.4 Å². The maximum Gasteiger partial charge on any atom is 0.315 e. The lowest BCUT2D eigenvalue weighted by molar-refractivity contribution is 0.107. The average Bonchev–Trinajstić information content (AvgIpc) is 2.53. The number of aliphatic hydroxyl groups excluding tert-OH is 1. The van der Waals surface area contributed by atoms with Gasteiger partial charge in [-0.3, -0.25) is 0 Å². The van der Waals surface area contributed by atoms with Crippen molar-refractivity contribution in [2.45, 2.75) is 44.2 Å². The van der Waals surface area contributed by atoms with Crippen molar-refractivity contribution in [3.63, 3.8) is 0 Å². The summed E-state index contributed by atoms with van der Waals surface area (Å²) in [5.41, 5.74) is 0. The molecular weight excluding hydrogens is 287 g/mol. The SMILES string of the molecule is O=C(NCC(O)COc1ccc(F)cc1)NC1CCCCC1. The summed E-state index contributed by atoms with van der Waals surface area (Å²) in [5, 5.41) is 15.3. The van der Waals surface area contributed by atoms with E-state index in [1.807, 2.05) is 0 Å². The minimum absolute atomic E-state index is 0.0370. The van der Waals surface area contributed by atoms with E-state index in [0.717, 1.165) is 25.7 Å². The third-order valence-corrected chi connectivity index (χ3v) is 3.69. The molecule has 2 rings (SSSR count). The van der Waals surface area contributed by atoms with E-state index in [-0.39, 0.29) is 31.0 Å². The Kier molecular flexibility index (Phi) is 6.45. The fraction of sp³-hybridized carbons (Fsp3) is 0.562.